The van der Waals surface area contributed by atoms with Gasteiger partial charge in [0.2, 0.25) is 11.8 Å². The molecule has 2 heterocycles. The molecule has 0 radical (unpaired) electrons. The lowest BCUT2D eigenvalue weighted by molar-refractivity contribution is -0.175. The van der Waals surface area contributed by atoms with Crippen molar-refractivity contribution in [3.8, 4) is 6.07 Å². The summed E-state index contributed by atoms with van der Waals surface area (Å²) in [5.74, 6) is -3.69. The van der Waals surface area contributed by atoms with Gasteiger partial charge in [0.15, 0.2) is 0 Å². The maximum Gasteiger partial charge on any atom is 0.471 e. The number of carbonyl (C=O) groups excluding carboxylic acids is 3. The van der Waals surface area contributed by atoms with Crippen molar-refractivity contribution in [2.24, 2.45) is 11.3 Å². The van der Waals surface area contributed by atoms with E-state index in [4.69, 9.17) is 0 Å². The van der Waals surface area contributed by atoms with E-state index in [0.717, 1.165) is 12.8 Å². The van der Waals surface area contributed by atoms with Crippen LogP contribution in [0.15, 0.2) is 25.0 Å². The maximum absolute atomic E-state index is 13.1. The number of nitrogens with one attached hydrogen (secondary N) is 3. The van der Waals surface area contributed by atoms with Crippen molar-refractivity contribution < 1.29 is 27.6 Å². The van der Waals surface area contributed by atoms with Crippen LogP contribution in [0.1, 0.15) is 51.6 Å². The van der Waals surface area contributed by atoms with Crippen LogP contribution < -0.4 is 16.0 Å². The Morgan fingerprint density at radius 2 is 1.71 bits per heavy atom. The van der Waals surface area contributed by atoms with E-state index in [1.807, 2.05) is 6.07 Å². The van der Waals surface area contributed by atoms with Gasteiger partial charge in [-0.05, 0) is 17.8 Å². The SMILES string of the molecule is CC(C)(C)C(NC(=O)C(F)(F)F)C(=O)NC(CC1CC1)C(=O)NC(C#N)c1cncn2cncc12. The Balaban J connectivity index is 1.79. The van der Waals surface area contributed by atoms with Crippen molar-refractivity contribution in [1.29, 1.82) is 5.26 Å². The Bertz CT molecular complexity index is 1150. The van der Waals surface area contributed by atoms with E-state index in [0.29, 0.717) is 11.1 Å². The zero-order valence-electron chi connectivity index (χ0n) is 19.4. The van der Waals surface area contributed by atoms with E-state index < -0.39 is 47.4 Å². The van der Waals surface area contributed by atoms with Crippen molar-refractivity contribution in [2.45, 2.75) is 64.3 Å². The Hall–Kier alpha value is -3.69. The van der Waals surface area contributed by atoms with Gasteiger partial charge in [-0.15, -0.1) is 0 Å². The molecule has 188 valence electrons. The highest BCUT2D eigenvalue weighted by Crippen LogP contribution is 2.34. The van der Waals surface area contributed by atoms with Crippen molar-refractivity contribution >= 4 is 23.2 Å². The fraction of sp³-hybridized carbons (Fsp3) is 0.545. The summed E-state index contributed by atoms with van der Waals surface area (Å²) in [7, 11) is 0. The Morgan fingerprint density at radius 1 is 1.09 bits per heavy atom. The summed E-state index contributed by atoms with van der Waals surface area (Å²) in [6, 6.07) is -1.79. The number of amides is 3. The van der Waals surface area contributed by atoms with Crippen LogP contribution in [-0.4, -0.2) is 50.4 Å². The lowest BCUT2D eigenvalue weighted by Gasteiger charge is -2.32. The summed E-state index contributed by atoms with van der Waals surface area (Å²) in [6.07, 6.45) is 2.66. The number of aromatic nitrogens is 3. The quantitative estimate of drug-likeness (QED) is 0.512. The molecule has 2 aromatic heterocycles. The molecule has 3 N–H and O–H groups in total. The smallest absolute Gasteiger partial charge is 0.342 e. The van der Waals surface area contributed by atoms with Crippen LogP contribution in [0.2, 0.25) is 0 Å². The first-order chi connectivity index (χ1) is 16.3. The first-order valence-corrected chi connectivity index (χ1v) is 10.9. The van der Waals surface area contributed by atoms with Gasteiger partial charge in [-0.1, -0.05) is 33.6 Å². The molecule has 13 heteroatoms. The average molecular weight is 493 g/mol. The second-order valence-corrected chi connectivity index (χ2v) is 9.62. The molecule has 0 bridgehead atoms. The van der Waals surface area contributed by atoms with Gasteiger partial charge in [-0.3, -0.25) is 18.8 Å². The number of hydrogen-bond donors (Lipinski definition) is 3. The molecule has 1 aliphatic carbocycles. The molecule has 0 saturated heterocycles. The van der Waals surface area contributed by atoms with E-state index in [2.05, 4.69) is 20.6 Å². The van der Waals surface area contributed by atoms with Crippen LogP contribution in [0.4, 0.5) is 13.2 Å². The zero-order chi connectivity index (χ0) is 26.0. The molecule has 10 nitrogen and oxygen atoms in total. The molecule has 3 atom stereocenters. The fourth-order valence-corrected chi connectivity index (χ4v) is 3.58. The van der Waals surface area contributed by atoms with E-state index in [-0.39, 0.29) is 12.3 Å². The van der Waals surface area contributed by atoms with Gasteiger partial charge in [0.25, 0.3) is 0 Å². The molecule has 0 spiro atoms. The molecular formula is C22H26F3N7O3. The molecule has 35 heavy (non-hydrogen) atoms. The number of rotatable bonds is 8. The average Bonchev–Trinajstić information content (AvgIpc) is 3.45. The summed E-state index contributed by atoms with van der Waals surface area (Å²) in [5, 5.41) is 16.5. The summed E-state index contributed by atoms with van der Waals surface area (Å²) in [6.45, 7) is 4.48. The van der Waals surface area contributed by atoms with Crippen LogP contribution in [-0.2, 0) is 14.4 Å². The van der Waals surface area contributed by atoms with Crippen LogP contribution in [0.5, 0.6) is 0 Å². The van der Waals surface area contributed by atoms with Gasteiger partial charge in [0, 0.05) is 11.8 Å². The highest BCUT2D eigenvalue weighted by Gasteiger charge is 2.44. The standard InChI is InChI=1S/C22H26F3N7O3/c1-21(2,3)17(31-20(35)22(23,24)25)19(34)29-14(6-12-4-5-12)18(33)30-15(7-26)13-8-27-10-32-11-28-9-16(13)32/h8-12,14-15,17H,4-6H2,1-3H3,(H,29,34)(H,30,33)(H,31,35). The predicted molar refractivity (Wildman–Crippen MR) is 116 cm³/mol. The van der Waals surface area contributed by atoms with E-state index >= 15 is 0 Å². The van der Waals surface area contributed by atoms with Gasteiger partial charge in [-0.25, -0.2) is 9.97 Å². The highest BCUT2D eigenvalue weighted by molar-refractivity contribution is 5.93. The molecule has 1 saturated carbocycles. The number of hydrogen-bond acceptors (Lipinski definition) is 6. The minimum Gasteiger partial charge on any atom is -0.342 e. The van der Waals surface area contributed by atoms with Gasteiger partial charge >= 0.3 is 12.1 Å². The number of nitrogens with zero attached hydrogens (tertiary/aromatic N) is 4. The summed E-state index contributed by atoms with van der Waals surface area (Å²) in [5.41, 5.74) is -0.135. The number of fused-ring (bicyclic) bond motifs is 1. The van der Waals surface area contributed by atoms with Crippen LogP contribution in [0.25, 0.3) is 5.52 Å². The van der Waals surface area contributed by atoms with Gasteiger partial charge < -0.3 is 16.0 Å². The molecule has 0 aromatic carbocycles. The third-order valence-corrected chi connectivity index (χ3v) is 5.65. The molecule has 1 fully saturated rings. The molecule has 3 unspecified atom stereocenters. The van der Waals surface area contributed by atoms with Crippen LogP contribution in [0, 0.1) is 22.7 Å². The van der Waals surface area contributed by atoms with Gasteiger partial charge in [0.05, 0.1) is 17.8 Å². The Labute approximate surface area is 199 Å². The predicted octanol–water partition coefficient (Wildman–Crippen LogP) is 1.79. The minimum atomic E-state index is -5.17. The van der Waals surface area contributed by atoms with Gasteiger partial charge in [0.1, 0.15) is 30.8 Å². The molecule has 3 amide bonds. The van der Waals surface area contributed by atoms with Crippen molar-refractivity contribution in [2.75, 3.05) is 0 Å². The Morgan fingerprint density at radius 3 is 2.26 bits per heavy atom. The number of carbonyl (C=O) groups is 3. The highest BCUT2D eigenvalue weighted by atomic mass is 19.4. The second-order valence-electron chi connectivity index (χ2n) is 9.62. The maximum atomic E-state index is 13.1. The molecule has 2 aromatic rings. The molecule has 1 aliphatic rings. The number of imidazole rings is 1. The fourth-order valence-electron chi connectivity index (χ4n) is 3.58. The molecular weight excluding hydrogens is 467 g/mol. The summed E-state index contributed by atoms with van der Waals surface area (Å²) in [4.78, 5) is 45.6. The van der Waals surface area contributed by atoms with E-state index in [1.54, 1.807) is 9.72 Å². The van der Waals surface area contributed by atoms with Crippen molar-refractivity contribution in [1.82, 2.24) is 30.3 Å². The number of alkyl halides is 3. The zero-order valence-corrected chi connectivity index (χ0v) is 19.4. The third kappa shape index (κ3) is 6.46. The lowest BCUT2D eigenvalue weighted by atomic mass is 9.85. The summed E-state index contributed by atoms with van der Waals surface area (Å²) >= 11 is 0. The van der Waals surface area contributed by atoms with Crippen molar-refractivity contribution in [3.05, 3.63) is 30.6 Å². The normalized spacial score (nSPS) is 16.6. The Kier molecular flexibility index (Phi) is 7.33. The lowest BCUT2D eigenvalue weighted by Crippen LogP contribution is -2.59. The van der Waals surface area contributed by atoms with E-state index in [1.165, 1.54) is 45.8 Å². The monoisotopic (exact) mass is 493 g/mol. The van der Waals surface area contributed by atoms with Crippen LogP contribution in [0.3, 0.4) is 0 Å². The van der Waals surface area contributed by atoms with Crippen LogP contribution >= 0.6 is 0 Å². The molecule has 3 rings (SSSR count). The van der Waals surface area contributed by atoms with Crippen molar-refractivity contribution in [3.63, 3.8) is 0 Å². The number of halogens is 3. The first kappa shape index (κ1) is 25.9. The first-order valence-electron chi connectivity index (χ1n) is 10.9. The number of nitriles is 1. The third-order valence-electron chi connectivity index (χ3n) is 5.65. The topological polar surface area (TPSA) is 141 Å². The van der Waals surface area contributed by atoms with E-state index in [9.17, 15) is 32.8 Å². The minimum absolute atomic E-state index is 0.157. The van der Waals surface area contributed by atoms with Gasteiger partial charge in [-0.2, -0.15) is 18.4 Å². The largest absolute Gasteiger partial charge is 0.471 e. The summed E-state index contributed by atoms with van der Waals surface area (Å²) < 4.78 is 40.0. The second kappa shape index (κ2) is 9.89. The molecule has 0 aliphatic heterocycles.